The van der Waals surface area contributed by atoms with Crippen LogP contribution in [0.25, 0.3) is 5.76 Å². The number of methoxy groups -OCH3 is 1. The molecule has 1 N–H and O–H groups in total. The molecule has 0 aromatic heterocycles. The number of fused-ring (bicyclic) bond motifs is 1. The molecule has 1 amide bonds. The van der Waals surface area contributed by atoms with Gasteiger partial charge in [-0.05, 0) is 61.7 Å². The Morgan fingerprint density at radius 3 is 2.64 bits per heavy atom. The number of aliphatic hydroxyl groups excluding tert-OH is 1. The van der Waals surface area contributed by atoms with Crippen LogP contribution in [0.2, 0.25) is 0 Å². The molecule has 2 aliphatic heterocycles. The molecule has 0 spiro atoms. The lowest BCUT2D eigenvalue weighted by Crippen LogP contribution is -2.30. The van der Waals surface area contributed by atoms with Crippen LogP contribution in [0.15, 0.2) is 42.0 Å². The molecule has 0 bridgehead atoms. The second-order valence-electron chi connectivity index (χ2n) is 8.29. The highest BCUT2D eigenvalue weighted by Gasteiger charge is 2.46. The number of carbonyl (C=O) groups is 2. The smallest absolute Gasteiger partial charge is 0.295 e. The summed E-state index contributed by atoms with van der Waals surface area (Å²) in [6, 6.07) is 9.95. The number of Topliss-reactive ketones (excluding diaryl/α,β-unsaturated/α-hetero) is 1. The van der Waals surface area contributed by atoms with E-state index in [0.717, 1.165) is 17.7 Å². The van der Waals surface area contributed by atoms with Gasteiger partial charge in [0.2, 0.25) is 0 Å². The van der Waals surface area contributed by atoms with Gasteiger partial charge >= 0.3 is 0 Å². The molecule has 2 aromatic carbocycles. The Kier molecular flexibility index (Phi) is 6.31. The molecular formula is C26H29NO6. The average molecular weight is 452 g/mol. The molecule has 1 saturated heterocycles. The van der Waals surface area contributed by atoms with Crippen molar-refractivity contribution in [2.24, 2.45) is 0 Å². The molecule has 0 radical (unpaired) electrons. The van der Waals surface area contributed by atoms with Crippen molar-refractivity contribution in [3.8, 4) is 17.2 Å². The number of aliphatic hydroxyl groups is 1. The number of benzene rings is 2. The maximum absolute atomic E-state index is 13.1. The first-order valence-corrected chi connectivity index (χ1v) is 11.3. The highest BCUT2D eigenvalue weighted by atomic mass is 16.5. The van der Waals surface area contributed by atoms with Crippen molar-refractivity contribution in [2.45, 2.75) is 45.8 Å². The number of ether oxygens (including phenoxy) is 3. The molecule has 4 rings (SSSR count). The van der Waals surface area contributed by atoms with E-state index >= 15 is 0 Å². The molecule has 7 nitrogen and oxygen atoms in total. The van der Waals surface area contributed by atoms with Crippen LogP contribution in [0.1, 0.15) is 49.9 Å². The molecular weight excluding hydrogens is 422 g/mol. The summed E-state index contributed by atoms with van der Waals surface area (Å²) in [6.45, 7) is 6.67. The normalized spacial score (nSPS) is 21.2. The van der Waals surface area contributed by atoms with Crippen molar-refractivity contribution in [1.82, 2.24) is 4.90 Å². The Morgan fingerprint density at radius 2 is 1.94 bits per heavy atom. The molecule has 0 saturated carbocycles. The van der Waals surface area contributed by atoms with Gasteiger partial charge in [0, 0.05) is 18.5 Å². The van der Waals surface area contributed by atoms with Crippen LogP contribution in [0.5, 0.6) is 17.2 Å². The zero-order chi connectivity index (χ0) is 23.7. The van der Waals surface area contributed by atoms with Crippen LogP contribution in [-0.4, -0.2) is 48.1 Å². The Balaban J connectivity index is 1.84. The molecule has 2 aliphatic rings. The number of nitrogens with zero attached hydrogens (tertiary/aromatic N) is 1. The lowest BCUT2D eigenvalue weighted by atomic mass is 9.94. The van der Waals surface area contributed by atoms with Gasteiger partial charge in [-0.15, -0.1) is 0 Å². The van der Waals surface area contributed by atoms with Crippen molar-refractivity contribution in [3.63, 3.8) is 0 Å². The minimum atomic E-state index is -0.724. The molecule has 7 heteroatoms. The van der Waals surface area contributed by atoms with Crippen LogP contribution in [-0.2, 0) is 16.0 Å². The number of likely N-dealkylation sites (tertiary alicyclic amines) is 1. The van der Waals surface area contributed by atoms with Crippen LogP contribution < -0.4 is 14.2 Å². The maximum Gasteiger partial charge on any atom is 0.295 e. The topological polar surface area (TPSA) is 85.3 Å². The monoisotopic (exact) mass is 451 g/mol. The third kappa shape index (κ3) is 4.03. The predicted octanol–water partition coefficient (Wildman–Crippen LogP) is 4.25. The number of rotatable bonds is 7. The Morgan fingerprint density at radius 1 is 1.15 bits per heavy atom. The summed E-state index contributed by atoms with van der Waals surface area (Å²) in [5, 5.41) is 11.3. The van der Waals surface area contributed by atoms with Crippen LogP contribution in [0.3, 0.4) is 0 Å². The molecule has 2 aromatic rings. The van der Waals surface area contributed by atoms with E-state index in [-0.39, 0.29) is 17.4 Å². The maximum atomic E-state index is 13.1. The van der Waals surface area contributed by atoms with Crippen molar-refractivity contribution < 1.29 is 28.9 Å². The number of hydrogen-bond acceptors (Lipinski definition) is 6. The van der Waals surface area contributed by atoms with Crippen molar-refractivity contribution in [2.75, 3.05) is 20.3 Å². The van der Waals surface area contributed by atoms with E-state index in [2.05, 4.69) is 0 Å². The number of ketones is 1. The van der Waals surface area contributed by atoms with E-state index in [4.69, 9.17) is 14.2 Å². The van der Waals surface area contributed by atoms with Crippen LogP contribution in [0.4, 0.5) is 0 Å². The summed E-state index contributed by atoms with van der Waals surface area (Å²) in [6.07, 6.45) is 1.45. The van der Waals surface area contributed by atoms with Gasteiger partial charge in [-0.2, -0.15) is 0 Å². The van der Waals surface area contributed by atoms with Crippen LogP contribution in [0, 0.1) is 0 Å². The Bertz CT molecular complexity index is 1120. The van der Waals surface area contributed by atoms with Gasteiger partial charge in [0.15, 0.2) is 11.5 Å². The van der Waals surface area contributed by atoms with E-state index in [1.807, 2.05) is 26.8 Å². The second kappa shape index (κ2) is 9.17. The van der Waals surface area contributed by atoms with Gasteiger partial charge in [0.25, 0.3) is 11.7 Å². The van der Waals surface area contributed by atoms with E-state index in [1.165, 1.54) is 12.0 Å². The molecule has 1 fully saturated rings. The van der Waals surface area contributed by atoms with Crippen molar-refractivity contribution in [3.05, 3.63) is 58.7 Å². The van der Waals surface area contributed by atoms with Gasteiger partial charge in [-0.1, -0.05) is 13.0 Å². The molecule has 0 aliphatic carbocycles. The highest BCUT2D eigenvalue weighted by Crippen LogP contribution is 2.42. The zero-order valence-electron chi connectivity index (χ0n) is 19.4. The van der Waals surface area contributed by atoms with E-state index in [1.54, 1.807) is 30.3 Å². The fourth-order valence-corrected chi connectivity index (χ4v) is 4.55. The molecule has 33 heavy (non-hydrogen) atoms. The summed E-state index contributed by atoms with van der Waals surface area (Å²) in [7, 11) is 1.54. The van der Waals surface area contributed by atoms with E-state index < -0.39 is 17.7 Å². The zero-order valence-corrected chi connectivity index (χ0v) is 19.4. The van der Waals surface area contributed by atoms with Crippen LogP contribution >= 0.6 is 0 Å². The average Bonchev–Trinajstić information content (AvgIpc) is 3.30. The summed E-state index contributed by atoms with van der Waals surface area (Å²) >= 11 is 0. The number of hydrogen-bond donors (Lipinski definition) is 1. The molecule has 2 unspecified atom stereocenters. The Hall–Kier alpha value is -3.48. The summed E-state index contributed by atoms with van der Waals surface area (Å²) in [4.78, 5) is 27.6. The fourth-order valence-electron chi connectivity index (χ4n) is 4.55. The number of carbonyl (C=O) groups excluding carboxylic acids is 2. The fraction of sp³-hybridized carbons (Fsp3) is 0.385. The first kappa shape index (κ1) is 22.7. The highest BCUT2D eigenvalue weighted by molar-refractivity contribution is 6.46. The Labute approximate surface area is 193 Å². The predicted molar refractivity (Wildman–Crippen MR) is 124 cm³/mol. The van der Waals surface area contributed by atoms with Gasteiger partial charge in [-0.25, -0.2) is 0 Å². The molecule has 174 valence electrons. The summed E-state index contributed by atoms with van der Waals surface area (Å²) in [5.74, 6) is 0.354. The van der Waals surface area contributed by atoms with Gasteiger partial charge in [-0.3, -0.25) is 9.59 Å². The first-order valence-electron chi connectivity index (χ1n) is 11.3. The third-order valence-electron chi connectivity index (χ3n) is 5.98. The minimum Gasteiger partial charge on any atom is -0.507 e. The summed E-state index contributed by atoms with van der Waals surface area (Å²) < 4.78 is 16.8. The van der Waals surface area contributed by atoms with Gasteiger partial charge in [0.1, 0.15) is 17.6 Å². The van der Waals surface area contributed by atoms with E-state index in [9.17, 15) is 14.7 Å². The summed E-state index contributed by atoms with van der Waals surface area (Å²) in [5.41, 5.74) is 2.20. The minimum absolute atomic E-state index is 0.0591. The number of amides is 1. The lowest BCUT2D eigenvalue weighted by molar-refractivity contribution is -0.139. The largest absolute Gasteiger partial charge is 0.507 e. The van der Waals surface area contributed by atoms with Crippen molar-refractivity contribution in [1.29, 1.82) is 0 Å². The van der Waals surface area contributed by atoms with Gasteiger partial charge in [0.05, 0.1) is 25.3 Å². The first-order chi connectivity index (χ1) is 15.9. The second-order valence-corrected chi connectivity index (χ2v) is 8.29. The van der Waals surface area contributed by atoms with E-state index in [0.29, 0.717) is 42.2 Å². The van der Waals surface area contributed by atoms with Crippen molar-refractivity contribution >= 4 is 17.4 Å². The quantitative estimate of drug-likeness (QED) is 0.385. The van der Waals surface area contributed by atoms with Gasteiger partial charge < -0.3 is 24.2 Å². The standard InChI is InChI=1S/C26H29NO6/c1-5-11-27-23(16-7-10-20(32-6-2)21(14-16)31-4)22(25(29)26(27)30)24(28)17-8-9-19-18(13-17)12-15(3)33-19/h7-10,13-15,23,28H,5-6,11-12H2,1-4H3/b24-22+. The third-order valence-corrected chi connectivity index (χ3v) is 5.98. The SMILES string of the molecule is CCCN1C(=O)C(=O)/C(=C(/O)c2ccc3c(c2)CC(C)O3)C1c1ccc(OCC)c(OC)c1. The molecule has 2 atom stereocenters. The molecule has 2 heterocycles. The lowest BCUT2D eigenvalue weighted by Gasteiger charge is -2.25.